The number of nitrogens with zero attached hydrogens (tertiary/aromatic N) is 5. The van der Waals surface area contributed by atoms with Crippen LogP contribution in [0.25, 0.3) is 16.5 Å². The SMILES string of the molecule is CCOc1ccc(-n2c([O-])c(C=Nc3nn[nH]n3)c3ccccc3c2=O)cc1. The van der Waals surface area contributed by atoms with E-state index in [9.17, 15) is 9.90 Å². The molecule has 0 amide bonds. The van der Waals surface area contributed by atoms with Gasteiger partial charge in [0.25, 0.3) is 11.5 Å². The molecule has 0 aliphatic rings. The first-order chi connectivity index (χ1) is 13.7. The summed E-state index contributed by atoms with van der Waals surface area (Å²) in [5.74, 6) is 0.258. The summed E-state index contributed by atoms with van der Waals surface area (Å²) in [6.45, 7) is 2.41. The number of benzene rings is 2. The highest BCUT2D eigenvalue weighted by atomic mass is 16.5. The largest absolute Gasteiger partial charge is 0.859 e. The molecule has 0 aliphatic heterocycles. The van der Waals surface area contributed by atoms with Gasteiger partial charge < -0.3 is 9.84 Å². The van der Waals surface area contributed by atoms with Crippen molar-refractivity contribution in [2.24, 2.45) is 4.99 Å². The first-order valence-corrected chi connectivity index (χ1v) is 8.54. The van der Waals surface area contributed by atoms with Crippen LogP contribution in [0.5, 0.6) is 11.6 Å². The van der Waals surface area contributed by atoms with Crippen molar-refractivity contribution in [2.45, 2.75) is 6.92 Å². The zero-order valence-corrected chi connectivity index (χ0v) is 14.9. The van der Waals surface area contributed by atoms with Gasteiger partial charge in [0.1, 0.15) is 5.75 Å². The summed E-state index contributed by atoms with van der Waals surface area (Å²) < 4.78 is 6.54. The summed E-state index contributed by atoms with van der Waals surface area (Å²) in [6.07, 6.45) is 1.35. The first-order valence-electron chi connectivity index (χ1n) is 8.54. The van der Waals surface area contributed by atoms with Gasteiger partial charge in [-0.3, -0.25) is 9.36 Å². The van der Waals surface area contributed by atoms with Crippen LogP contribution in [-0.4, -0.2) is 38.0 Å². The van der Waals surface area contributed by atoms with Crippen molar-refractivity contribution in [3.8, 4) is 17.3 Å². The molecule has 2 aromatic carbocycles. The monoisotopic (exact) mass is 375 g/mol. The lowest BCUT2D eigenvalue weighted by atomic mass is 10.1. The van der Waals surface area contributed by atoms with E-state index in [0.29, 0.717) is 28.8 Å². The minimum absolute atomic E-state index is 0.0855. The Balaban J connectivity index is 1.92. The Bertz CT molecular complexity index is 1200. The normalized spacial score (nSPS) is 11.3. The van der Waals surface area contributed by atoms with Crippen molar-refractivity contribution < 1.29 is 9.84 Å². The van der Waals surface area contributed by atoms with E-state index in [0.717, 1.165) is 4.57 Å². The molecule has 2 heterocycles. The Morgan fingerprint density at radius 3 is 2.61 bits per heavy atom. The number of nitrogens with one attached hydrogen (secondary N) is 1. The van der Waals surface area contributed by atoms with Crippen LogP contribution in [0.3, 0.4) is 0 Å². The predicted octanol–water partition coefficient (Wildman–Crippen LogP) is 1.73. The van der Waals surface area contributed by atoms with Gasteiger partial charge in [-0.1, -0.05) is 23.3 Å². The number of fused-ring (bicyclic) bond motifs is 1. The van der Waals surface area contributed by atoms with Gasteiger partial charge in [-0.05, 0) is 53.7 Å². The van der Waals surface area contributed by atoms with Gasteiger partial charge in [-0.2, -0.15) is 5.21 Å². The molecule has 0 fully saturated rings. The summed E-state index contributed by atoms with van der Waals surface area (Å²) in [4.78, 5) is 17.1. The Hall–Kier alpha value is -4.01. The van der Waals surface area contributed by atoms with E-state index in [4.69, 9.17) is 4.74 Å². The zero-order chi connectivity index (χ0) is 19.5. The highest BCUT2D eigenvalue weighted by Gasteiger charge is 2.12. The molecule has 4 aromatic rings. The van der Waals surface area contributed by atoms with Gasteiger partial charge in [0.2, 0.25) is 0 Å². The molecule has 0 bridgehead atoms. The standard InChI is InChI=1S/C19H16N6O3/c1-2-28-13-9-7-12(8-10-13)25-17(26)15-6-4-3-5-14(15)16(18(25)27)11-20-19-21-23-24-22-19/h3-11,27H,2H2,1H3,(H,21,22,23,24)/p-1. The van der Waals surface area contributed by atoms with E-state index in [1.807, 2.05) is 6.92 Å². The number of aromatic nitrogens is 5. The summed E-state index contributed by atoms with van der Waals surface area (Å²) in [5, 5.41) is 27.3. The Morgan fingerprint density at radius 2 is 1.93 bits per heavy atom. The maximum Gasteiger partial charge on any atom is 0.288 e. The number of tetrazole rings is 1. The van der Waals surface area contributed by atoms with E-state index in [-0.39, 0.29) is 11.5 Å². The van der Waals surface area contributed by atoms with Crippen molar-refractivity contribution in [1.29, 1.82) is 0 Å². The van der Waals surface area contributed by atoms with Crippen molar-refractivity contribution in [2.75, 3.05) is 6.61 Å². The van der Waals surface area contributed by atoms with Gasteiger partial charge in [0.05, 0.1) is 6.61 Å². The number of pyridine rings is 1. The van der Waals surface area contributed by atoms with Crippen LogP contribution in [0, 0.1) is 0 Å². The maximum absolute atomic E-state index is 13.2. The van der Waals surface area contributed by atoms with Crippen molar-refractivity contribution in [1.82, 2.24) is 25.2 Å². The maximum atomic E-state index is 13.2. The third-order valence-corrected chi connectivity index (χ3v) is 4.13. The number of aliphatic imine (C=N–C) groups is 1. The number of rotatable bonds is 5. The van der Waals surface area contributed by atoms with Gasteiger partial charge in [-0.25, -0.2) is 4.99 Å². The second kappa shape index (κ2) is 7.31. The number of hydrogen-bond donors (Lipinski definition) is 1. The molecule has 4 rings (SSSR count). The Labute approximate surface area is 158 Å². The second-order valence-corrected chi connectivity index (χ2v) is 5.80. The summed E-state index contributed by atoms with van der Waals surface area (Å²) in [5.41, 5.74) is 0.300. The average Bonchev–Trinajstić information content (AvgIpc) is 3.23. The van der Waals surface area contributed by atoms with E-state index < -0.39 is 11.4 Å². The van der Waals surface area contributed by atoms with Crippen molar-refractivity contribution in [3.63, 3.8) is 0 Å². The van der Waals surface area contributed by atoms with E-state index in [1.165, 1.54) is 6.21 Å². The first kappa shape index (κ1) is 17.4. The van der Waals surface area contributed by atoms with Gasteiger partial charge >= 0.3 is 0 Å². The molecule has 1 N–H and O–H groups in total. The number of H-pyrrole nitrogens is 1. The number of ether oxygens (including phenoxy) is 1. The lowest BCUT2D eigenvalue weighted by Gasteiger charge is -2.21. The fourth-order valence-electron chi connectivity index (χ4n) is 2.90. The highest BCUT2D eigenvalue weighted by molar-refractivity contribution is 6.02. The number of aromatic amines is 1. The minimum atomic E-state index is -0.486. The Kier molecular flexibility index (Phi) is 4.55. The molecule has 0 saturated carbocycles. The molecular formula is C19H15N6O3-. The molecule has 0 radical (unpaired) electrons. The average molecular weight is 375 g/mol. The third kappa shape index (κ3) is 3.09. The van der Waals surface area contributed by atoms with Crippen molar-refractivity contribution >= 4 is 22.9 Å². The van der Waals surface area contributed by atoms with Crippen LogP contribution < -0.4 is 15.4 Å². The zero-order valence-electron chi connectivity index (χ0n) is 14.9. The number of hydrogen-bond acceptors (Lipinski definition) is 7. The molecule has 28 heavy (non-hydrogen) atoms. The van der Waals surface area contributed by atoms with Crippen LogP contribution in [-0.2, 0) is 0 Å². The fourth-order valence-corrected chi connectivity index (χ4v) is 2.90. The van der Waals surface area contributed by atoms with Crippen LogP contribution in [0.4, 0.5) is 5.95 Å². The predicted molar refractivity (Wildman–Crippen MR) is 102 cm³/mol. The van der Waals surface area contributed by atoms with Crippen LogP contribution >= 0.6 is 0 Å². The summed E-state index contributed by atoms with van der Waals surface area (Å²) >= 11 is 0. The molecule has 9 nitrogen and oxygen atoms in total. The molecule has 0 atom stereocenters. The third-order valence-electron chi connectivity index (χ3n) is 4.13. The highest BCUT2D eigenvalue weighted by Crippen LogP contribution is 2.25. The van der Waals surface area contributed by atoms with Gasteiger partial charge in [0, 0.05) is 22.9 Å². The molecule has 0 aliphatic carbocycles. The van der Waals surface area contributed by atoms with Crippen LogP contribution in [0.1, 0.15) is 12.5 Å². The van der Waals surface area contributed by atoms with E-state index in [1.54, 1.807) is 48.5 Å². The molecule has 2 aromatic heterocycles. The quantitative estimate of drug-likeness (QED) is 0.530. The molecular weight excluding hydrogens is 360 g/mol. The topological polar surface area (TPSA) is 121 Å². The molecule has 0 saturated heterocycles. The fraction of sp³-hybridized carbons (Fsp3) is 0.105. The molecule has 140 valence electrons. The van der Waals surface area contributed by atoms with E-state index in [2.05, 4.69) is 25.6 Å². The van der Waals surface area contributed by atoms with Crippen molar-refractivity contribution in [3.05, 3.63) is 64.4 Å². The van der Waals surface area contributed by atoms with Gasteiger partial charge in [0.15, 0.2) is 0 Å². The van der Waals surface area contributed by atoms with E-state index >= 15 is 0 Å². The molecule has 0 unspecified atom stereocenters. The molecule has 9 heteroatoms. The van der Waals surface area contributed by atoms with Gasteiger partial charge in [-0.15, -0.1) is 5.10 Å². The lowest BCUT2D eigenvalue weighted by molar-refractivity contribution is -0.277. The molecule has 0 spiro atoms. The Morgan fingerprint density at radius 1 is 1.18 bits per heavy atom. The van der Waals surface area contributed by atoms with Crippen LogP contribution in [0.15, 0.2) is 58.3 Å². The minimum Gasteiger partial charge on any atom is -0.859 e. The summed E-state index contributed by atoms with van der Waals surface area (Å²) in [6, 6.07) is 13.7. The smallest absolute Gasteiger partial charge is 0.288 e. The second-order valence-electron chi connectivity index (χ2n) is 5.80. The summed E-state index contributed by atoms with van der Waals surface area (Å²) in [7, 11) is 0. The lowest BCUT2D eigenvalue weighted by Crippen LogP contribution is -2.24. The van der Waals surface area contributed by atoms with Crippen LogP contribution in [0.2, 0.25) is 0 Å².